The molecule has 1 amide bonds. The number of aromatic nitrogens is 4. The number of rotatable bonds is 4. The third kappa shape index (κ3) is 2.61. The summed E-state index contributed by atoms with van der Waals surface area (Å²) in [4.78, 5) is 17.2. The number of hydrogen-bond donors (Lipinski definition) is 3. The van der Waals surface area contributed by atoms with Gasteiger partial charge in [-0.2, -0.15) is 5.10 Å². The molecule has 3 heterocycles. The SMILES string of the molecule is Cc1ccc2[nH]ncc2c1NC(=O)c1cnc(Nc2ccon2)s1. The molecule has 8 nitrogen and oxygen atoms in total. The number of carbonyl (C=O) groups is 1. The first-order valence-electron chi connectivity index (χ1n) is 7.08. The van der Waals surface area contributed by atoms with Crippen LogP contribution >= 0.6 is 11.3 Å². The van der Waals surface area contributed by atoms with Gasteiger partial charge in [0.05, 0.1) is 23.6 Å². The molecule has 4 rings (SSSR count). The monoisotopic (exact) mass is 340 g/mol. The minimum Gasteiger partial charge on any atom is -0.363 e. The summed E-state index contributed by atoms with van der Waals surface area (Å²) in [6.45, 7) is 1.94. The Labute approximate surface area is 139 Å². The van der Waals surface area contributed by atoms with Gasteiger partial charge in [-0.3, -0.25) is 9.89 Å². The van der Waals surface area contributed by atoms with E-state index in [1.165, 1.54) is 23.8 Å². The first kappa shape index (κ1) is 14.4. The van der Waals surface area contributed by atoms with Crippen LogP contribution in [0, 0.1) is 6.92 Å². The Morgan fingerprint density at radius 3 is 3.04 bits per heavy atom. The minimum absolute atomic E-state index is 0.225. The van der Waals surface area contributed by atoms with Crippen LogP contribution in [0.2, 0.25) is 0 Å². The van der Waals surface area contributed by atoms with Gasteiger partial charge in [0.1, 0.15) is 11.1 Å². The van der Waals surface area contributed by atoms with E-state index < -0.39 is 0 Å². The van der Waals surface area contributed by atoms with Gasteiger partial charge in [-0.15, -0.1) is 0 Å². The van der Waals surface area contributed by atoms with E-state index in [4.69, 9.17) is 4.52 Å². The van der Waals surface area contributed by atoms with Crippen molar-refractivity contribution in [2.45, 2.75) is 6.92 Å². The van der Waals surface area contributed by atoms with Gasteiger partial charge in [-0.05, 0) is 18.6 Å². The average Bonchev–Trinajstić information content (AvgIpc) is 3.31. The van der Waals surface area contributed by atoms with Crippen molar-refractivity contribution in [3.05, 3.63) is 47.3 Å². The highest BCUT2D eigenvalue weighted by Gasteiger charge is 2.15. The molecule has 1 aromatic carbocycles. The molecule has 4 aromatic rings. The molecule has 0 spiro atoms. The third-order valence-electron chi connectivity index (χ3n) is 3.47. The van der Waals surface area contributed by atoms with Crippen LogP contribution in [0.4, 0.5) is 16.6 Å². The predicted octanol–water partition coefficient (Wildman–Crippen LogP) is 3.31. The maximum Gasteiger partial charge on any atom is 0.267 e. The number of aryl methyl sites for hydroxylation is 1. The second-order valence-corrected chi connectivity index (χ2v) is 6.11. The molecule has 0 fully saturated rings. The van der Waals surface area contributed by atoms with E-state index in [1.54, 1.807) is 12.3 Å². The largest absolute Gasteiger partial charge is 0.363 e. The van der Waals surface area contributed by atoms with Crippen molar-refractivity contribution >= 4 is 44.8 Å². The van der Waals surface area contributed by atoms with Crippen molar-refractivity contribution in [1.82, 2.24) is 20.3 Å². The zero-order valence-electron chi connectivity index (χ0n) is 12.5. The van der Waals surface area contributed by atoms with Gasteiger partial charge in [0.15, 0.2) is 10.9 Å². The van der Waals surface area contributed by atoms with Gasteiger partial charge in [-0.25, -0.2) is 4.98 Å². The summed E-state index contributed by atoms with van der Waals surface area (Å²) in [6.07, 6.45) is 4.67. The van der Waals surface area contributed by atoms with Gasteiger partial charge in [0.25, 0.3) is 5.91 Å². The van der Waals surface area contributed by atoms with Gasteiger partial charge >= 0.3 is 0 Å². The number of carbonyl (C=O) groups excluding carboxylic acids is 1. The maximum atomic E-state index is 12.5. The fraction of sp³-hybridized carbons (Fsp3) is 0.0667. The molecule has 24 heavy (non-hydrogen) atoms. The lowest BCUT2D eigenvalue weighted by molar-refractivity contribution is 0.103. The lowest BCUT2D eigenvalue weighted by Crippen LogP contribution is -2.11. The zero-order valence-corrected chi connectivity index (χ0v) is 13.3. The number of nitrogens with one attached hydrogen (secondary N) is 3. The average molecular weight is 340 g/mol. The summed E-state index contributed by atoms with van der Waals surface area (Å²) in [5.74, 6) is 0.313. The molecule has 3 aromatic heterocycles. The van der Waals surface area contributed by atoms with Gasteiger partial charge < -0.3 is 15.2 Å². The Bertz CT molecular complexity index is 1000. The van der Waals surface area contributed by atoms with Gasteiger partial charge in [0, 0.05) is 11.5 Å². The first-order chi connectivity index (χ1) is 11.7. The van der Waals surface area contributed by atoms with Crippen LogP contribution in [0.25, 0.3) is 10.9 Å². The molecule has 0 aliphatic heterocycles. The quantitative estimate of drug-likeness (QED) is 0.526. The molecule has 9 heteroatoms. The Hall–Kier alpha value is -3.20. The molecule has 0 aliphatic carbocycles. The maximum absolute atomic E-state index is 12.5. The number of nitrogens with zero attached hydrogens (tertiary/aromatic N) is 3. The summed E-state index contributed by atoms with van der Waals surface area (Å²) < 4.78 is 4.74. The van der Waals surface area contributed by atoms with Crippen LogP contribution < -0.4 is 10.6 Å². The van der Waals surface area contributed by atoms with E-state index in [1.807, 2.05) is 19.1 Å². The number of aromatic amines is 1. The Morgan fingerprint density at radius 1 is 1.29 bits per heavy atom. The van der Waals surface area contributed by atoms with Crippen LogP contribution in [-0.2, 0) is 0 Å². The fourth-order valence-electron chi connectivity index (χ4n) is 2.29. The molecule has 0 saturated carbocycles. The minimum atomic E-state index is -0.225. The van der Waals surface area contributed by atoms with Crippen LogP contribution in [0.1, 0.15) is 15.2 Å². The van der Waals surface area contributed by atoms with Crippen LogP contribution in [0.5, 0.6) is 0 Å². The molecule has 120 valence electrons. The number of hydrogen-bond acceptors (Lipinski definition) is 7. The smallest absolute Gasteiger partial charge is 0.267 e. The van der Waals surface area contributed by atoms with Crippen molar-refractivity contribution in [2.24, 2.45) is 0 Å². The van der Waals surface area contributed by atoms with E-state index in [0.717, 1.165) is 22.2 Å². The zero-order chi connectivity index (χ0) is 16.5. The van der Waals surface area contributed by atoms with E-state index in [0.29, 0.717) is 15.8 Å². The molecule has 0 saturated heterocycles. The van der Waals surface area contributed by atoms with E-state index >= 15 is 0 Å². The van der Waals surface area contributed by atoms with E-state index in [2.05, 4.69) is 31.0 Å². The van der Waals surface area contributed by atoms with Gasteiger partial charge in [-0.1, -0.05) is 22.6 Å². The number of fused-ring (bicyclic) bond motifs is 1. The van der Waals surface area contributed by atoms with Gasteiger partial charge in [0.2, 0.25) is 0 Å². The molecule has 0 radical (unpaired) electrons. The van der Waals surface area contributed by atoms with Crippen LogP contribution in [0.3, 0.4) is 0 Å². The normalized spacial score (nSPS) is 10.9. The van der Waals surface area contributed by atoms with Crippen molar-refractivity contribution in [2.75, 3.05) is 10.6 Å². The highest BCUT2D eigenvalue weighted by Crippen LogP contribution is 2.28. The van der Waals surface area contributed by atoms with Crippen LogP contribution in [-0.4, -0.2) is 26.2 Å². The molecule has 0 unspecified atom stereocenters. The van der Waals surface area contributed by atoms with Crippen molar-refractivity contribution in [1.29, 1.82) is 0 Å². The first-order valence-corrected chi connectivity index (χ1v) is 7.89. The highest BCUT2D eigenvalue weighted by molar-refractivity contribution is 7.17. The second-order valence-electron chi connectivity index (χ2n) is 5.08. The molecular weight excluding hydrogens is 328 g/mol. The molecule has 0 bridgehead atoms. The number of benzene rings is 1. The third-order valence-corrected chi connectivity index (χ3v) is 4.38. The molecule has 3 N–H and O–H groups in total. The molecule has 0 atom stereocenters. The Balaban J connectivity index is 1.57. The van der Waals surface area contributed by atoms with Crippen LogP contribution in [0.15, 0.2) is 41.4 Å². The predicted molar refractivity (Wildman–Crippen MR) is 90.7 cm³/mol. The highest BCUT2D eigenvalue weighted by atomic mass is 32.1. The standard InChI is InChI=1S/C15H12N6O2S/c1-8-2-3-10-9(6-17-20-10)13(8)19-14(22)11-7-16-15(24-11)18-12-4-5-23-21-12/h2-7H,1H3,(H,17,20)(H,19,22)(H,16,18,21). The summed E-state index contributed by atoms with van der Waals surface area (Å²) in [7, 11) is 0. The fourth-order valence-corrected chi connectivity index (χ4v) is 3.01. The lowest BCUT2D eigenvalue weighted by atomic mass is 10.1. The Morgan fingerprint density at radius 2 is 2.21 bits per heavy atom. The van der Waals surface area contributed by atoms with E-state index in [9.17, 15) is 4.79 Å². The summed E-state index contributed by atoms with van der Waals surface area (Å²) >= 11 is 1.23. The van der Waals surface area contributed by atoms with Crippen molar-refractivity contribution < 1.29 is 9.32 Å². The number of H-pyrrole nitrogens is 1. The number of thiazole rings is 1. The number of anilines is 3. The summed E-state index contributed by atoms with van der Waals surface area (Å²) in [5.41, 5.74) is 2.57. The van der Waals surface area contributed by atoms with Crippen molar-refractivity contribution in [3.63, 3.8) is 0 Å². The van der Waals surface area contributed by atoms with E-state index in [-0.39, 0.29) is 5.91 Å². The summed E-state index contributed by atoms with van der Waals surface area (Å²) in [6, 6.07) is 5.53. The Kier molecular flexibility index (Phi) is 3.47. The molecular formula is C15H12N6O2S. The lowest BCUT2D eigenvalue weighted by Gasteiger charge is -2.08. The van der Waals surface area contributed by atoms with Crippen molar-refractivity contribution in [3.8, 4) is 0 Å². The topological polar surface area (TPSA) is 109 Å². The summed E-state index contributed by atoms with van der Waals surface area (Å²) in [5, 5.41) is 18.0. The molecule has 0 aliphatic rings. The number of amides is 1. The second kappa shape index (κ2) is 5.78.